The van der Waals surface area contributed by atoms with Gasteiger partial charge >= 0.3 is 0 Å². The van der Waals surface area contributed by atoms with Gasteiger partial charge < -0.3 is 4.42 Å². The van der Waals surface area contributed by atoms with Gasteiger partial charge in [0.25, 0.3) is 0 Å². The van der Waals surface area contributed by atoms with E-state index in [1.807, 2.05) is 43.3 Å². The zero-order chi connectivity index (χ0) is 15.0. The average Bonchev–Trinajstić information content (AvgIpc) is 2.86. The van der Waals surface area contributed by atoms with Crippen molar-refractivity contribution in [3.8, 4) is 0 Å². The van der Waals surface area contributed by atoms with Crippen LogP contribution in [0.5, 0.6) is 0 Å². The van der Waals surface area contributed by atoms with Gasteiger partial charge in [0.05, 0.1) is 0 Å². The number of nitrogens with one attached hydrogen (secondary N) is 1. The van der Waals surface area contributed by atoms with Crippen molar-refractivity contribution in [2.45, 2.75) is 13.0 Å². The molecular formula is C16H14Cl2N2O. The first-order valence-corrected chi connectivity index (χ1v) is 7.25. The molecule has 0 aliphatic rings. The summed E-state index contributed by atoms with van der Waals surface area (Å²) in [5.74, 6) is 6.41. The van der Waals surface area contributed by atoms with Crippen molar-refractivity contribution in [3.63, 3.8) is 0 Å². The van der Waals surface area contributed by atoms with Crippen molar-refractivity contribution in [1.82, 2.24) is 5.43 Å². The highest BCUT2D eigenvalue weighted by Gasteiger charge is 2.18. The third kappa shape index (κ3) is 2.78. The molecule has 2 aromatic carbocycles. The Bertz CT molecular complexity index is 798. The molecule has 21 heavy (non-hydrogen) atoms. The van der Waals surface area contributed by atoms with Crippen molar-refractivity contribution in [1.29, 1.82) is 0 Å². The zero-order valence-electron chi connectivity index (χ0n) is 11.4. The van der Waals surface area contributed by atoms with Crippen molar-refractivity contribution >= 4 is 34.2 Å². The van der Waals surface area contributed by atoms with Crippen LogP contribution in [0.15, 0.2) is 46.9 Å². The van der Waals surface area contributed by atoms with Crippen LogP contribution in [-0.4, -0.2) is 0 Å². The number of nitrogens with two attached hydrogens (primary N) is 1. The van der Waals surface area contributed by atoms with E-state index in [9.17, 15) is 0 Å². The van der Waals surface area contributed by atoms with Gasteiger partial charge in [-0.1, -0.05) is 35.3 Å². The van der Waals surface area contributed by atoms with Gasteiger partial charge in [0.2, 0.25) is 0 Å². The Morgan fingerprint density at radius 2 is 1.90 bits per heavy atom. The van der Waals surface area contributed by atoms with Gasteiger partial charge in [-0.2, -0.15) is 0 Å². The van der Waals surface area contributed by atoms with E-state index in [-0.39, 0.29) is 6.04 Å². The number of aryl methyl sites for hydroxylation is 1. The fraction of sp³-hybridized carbons (Fsp3) is 0.125. The lowest BCUT2D eigenvalue weighted by Gasteiger charge is -2.14. The fourth-order valence-electron chi connectivity index (χ4n) is 2.31. The van der Waals surface area contributed by atoms with Gasteiger partial charge in [0.15, 0.2) is 0 Å². The largest absolute Gasteiger partial charge is 0.459 e. The van der Waals surface area contributed by atoms with E-state index in [2.05, 4.69) is 5.43 Å². The first kappa shape index (κ1) is 14.4. The van der Waals surface area contributed by atoms with Crippen molar-refractivity contribution in [2.24, 2.45) is 5.84 Å². The Balaban J connectivity index is 2.06. The molecule has 1 heterocycles. The van der Waals surface area contributed by atoms with Gasteiger partial charge in [-0.25, -0.2) is 5.43 Å². The topological polar surface area (TPSA) is 51.2 Å². The highest BCUT2D eigenvalue weighted by Crippen LogP contribution is 2.31. The summed E-state index contributed by atoms with van der Waals surface area (Å²) in [7, 11) is 0. The molecule has 5 heteroatoms. The lowest BCUT2D eigenvalue weighted by Crippen LogP contribution is -2.28. The summed E-state index contributed by atoms with van der Waals surface area (Å²) >= 11 is 12.2. The van der Waals surface area contributed by atoms with E-state index in [0.717, 1.165) is 27.9 Å². The minimum Gasteiger partial charge on any atom is -0.459 e. The van der Waals surface area contributed by atoms with Crippen molar-refractivity contribution in [2.75, 3.05) is 0 Å². The minimum atomic E-state index is -0.269. The van der Waals surface area contributed by atoms with E-state index in [1.165, 1.54) is 0 Å². The molecule has 0 radical (unpaired) electrons. The summed E-state index contributed by atoms with van der Waals surface area (Å²) in [4.78, 5) is 0. The van der Waals surface area contributed by atoms with E-state index in [1.54, 1.807) is 6.07 Å². The number of hydrazine groups is 1. The summed E-state index contributed by atoms with van der Waals surface area (Å²) < 4.78 is 5.86. The van der Waals surface area contributed by atoms with E-state index >= 15 is 0 Å². The van der Waals surface area contributed by atoms with Crippen LogP contribution in [0.3, 0.4) is 0 Å². The normalized spacial score (nSPS) is 12.8. The van der Waals surface area contributed by atoms with Gasteiger partial charge in [-0.15, -0.1) is 0 Å². The summed E-state index contributed by atoms with van der Waals surface area (Å²) in [6, 6.07) is 13.0. The van der Waals surface area contributed by atoms with Crippen LogP contribution in [0.1, 0.15) is 22.9 Å². The van der Waals surface area contributed by atoms with Crippen molar-refractivity contribution in [3.05, 3.63) is 69.4 Å². The Labute approximate surface area is 132 Å². The minimum absolute atomic E-state index is 0.269. The molecule has 1 atom stereocenters. The number of benzene rings is 2. The molecular weight excluding hydrogens is 307 g/mol. The number of hydrogen-bond acceptors (Lipinski definition) is 3. The zero-order valence-corrected chi connectivity index (χ0v) is 12.9. The number of halogens is 2. The molecule has 0 saturated carbocycles. The average molecular weight is 321 g/mol. The standard InChI is InChI=1S/C16H14Cl2N2O/c1-9-2-3-10(7-13(9)18)16(20-19)15-8-11-6-12(17)4-5-14(11)21-15/h2-8,16,20H,19H2,1H3. The van der Waals surface area contributed by atoms with Gasteiger partial charge in [0, 0.05) is 15.4 Å². The highest BCUT2D eigenvalue weighted by molar-refractivity contribution is 6.31. The molecule has 1 unspecified atom stereocenters. The smallest absolute Gasteiger partial charge is 0.134 e. The third-order valence-electron chi connectivity index (χ3n) is 3.48. The van der Waals surface area contributed by atoms with Gasteiger partial charge in [0.1, 0.15) is 17.4 Å². The lowest BCUT2D eigenvalue weighted by atomic mass is 10.0. The monoisotopic (exact) mass is 320 g/mol. The predicted octanol–water partition coefficient (Wildman–Crippen LogP) is 4.60. The van der Waals surface area contributed by atoms with Crippen LogP contribution >= 0.6 is 23.2 Å². The summed E-state index contributed by atoms with van der Waals surface area (Å²) in [5.41, 5.74) is 5.51. The maximum atomic E-state index is 6.19. The van der Waals surface area contributed by atoms with Crippen LogP contribution in [0, 0.1) is 6.92 Å². The molecule has 108 valence electrons. The molecule has 0 bridgehead atoms. The molecule has 3 rings (SSSR count). The first-order chi connectivity index (χ1) is 10.1. The predicted molar refractivity (Wildman–Crippen MR) is 86.6 cm³/mol. The maximum Gasteiger partial charge on any atom is 0.134 e. The van der Waals surface area contributed by atoms with Gasteiger partial charge in [-0.3, -0.25) is 5.84 Å². The van der Waals surface area contributed by atoms with Crippen LogP contribution in [0.2, 0.25) is 10.0 Å². The second kappa shape index (κ2) is 5.70. The molecule has 0 saturated heterocycles. The van der Waals surface area contributed by atoms with E-state index in [4.69, 9.17) is 33.5 Å². The molecule has 3 nitrogen and oxygen atoms in total. The SMILES string of the molecule is Cc1ccc(C(NN)c2cc3cc(Cl)ccc3o2)cc1Cl. The van der Waals surface area contributed by atoms with Crippen LogP contribution in [0.4, 0.5) is 0 Å². The quantitative estimate of drug-likeness (QED) is 0.547. The lowest BCUT2D eigenvalue weighted by molar-refractivity contribution is 0.477. The Hall–Kier alpha value is -1.52. The molecule has 0 spiro atoms. The molecule has 1 aromatic heterocycles. The van der Waals surface area contributed by atoms with Crippen LogP contribution < -0.4 is 11.3 Å². The molecule has 3 aromatic rings. The third-order valence-corrected chi connectivity index (χ3v) is 4.12. The van der Waals surface area contributed by atoms with Crippen molar-refractivity contribution < 1.29 is 4.42 Å². The molecule has 0 fully saturated rings. The number of fused-ring (bicyclic) bond motifs is 1. The number of rotatable bonds is 3. The van der Waals surface area contributed by atoms with E-state index < -0.39 is 0 Å². The summed E-state index contributed by atoms with van der Waals surface area (Å²) in [6.45, 7) is 1.96. The molecule has 0 aliphatic carbocycles. The highest BCUT2D eigenvalue weighted by atomic mass is 35.5. The summed E-state index contributed by atoms with van der Waals surface area (Å²) in [5, 5.41) is 2.31. The fourth-order valence-corrected chi connectivity index (χ4v) is 2.68. The van der Waals surface area contributed by atoms with Crippen LogP contribution in [-0.2, 0) is 0 Å². The Morgan fingerprint density at radius 3 is 2.62 bits per heavy atom. The van der Waals surface area contributed by atoms with Gasteiger partial charge in [-0.05, 0) is 48.4 Å². The molecule has 0 aliphatic heterocycles. The Kier molecular flexibility index (Phi) is 3.91. The van der Waals surface area contributed by atoms with E-state index in [0.29, 0.717) is 10.0 Å². The summed E-state index contributed by atoms with van der Waals surface area (Å²) in [6.07, 6.45) is 0. The number of furan rings is 1. The maximum absolute atomic E-state index is 6.19. The molecule has 3 N–H and O–H groups in total. The second-order valence-electron chi connectivity index (χ2n) is 4.94. The number of hydrogen-bond donors (Lipinski definition) is 2. The first-order valence-electron chi connectivity index (χ1n) is 6.49. The Morgan fingerprint density at radius 1 is 1.10 bits per heavy atom. The second-order valence-corrected chi connectivity index (χ2v) is 5.78. The van der Waals surface area contributed by atoms with Crippen LogP contribution in [0.25, 0.3) is 11.0 Å². The molecule has 0 amide bonds.